The van der Waals surface area contributed by atoms with Gasteiger partial charge in [-0.25, -0.2) is 12.8 Å². The van der Waals surface area contributed by atoms with Crippen LogP contribution in [0, 0.1) is 11.7 Å². The summed E-state index contributed by atoms with van der Waals surface area (Å²) in [6.45, 7) is 3.26. The second-order valence-corrected chi connectivity index (χ2v) is 14.2. The Morgan fingerprint density at radius 1 is 0.857 bits per heavy atom. The molecule has 0 fully saturated rings. The number of carbonyl (C=O) groups excluding carboxylic acids is 2. The van der Waals surface area contributed by atoms with Gasteiger partial charge in [-0.3, -0.25) is 13.9 Å². The van der Waals surface area contributed by atoms with Crippen LogP contribution in [0.15, 0.2) is 95.9 Å². The number of sulfonamides is 1. The van der Waals surface area contributed by atoms with Crippen LogP contribution in [-0.4, -0.2) is 58.5 Å². The van der Waals surface area contributed by atoms with Crippen LogP contribution in [0.2, 0.25) is 10.0 Å². The lowest BCUT2D eigenvalue weighted by Gasteiger charge is -2.34. The van der Waals surface area contributed by atoms with Crippen molar-refractivity contribution in [1.29, 1.82) is 0 Å². The number of halogens is 3. The van der Waals surface area contributed by atoms with Crippen LogP contribution in [0.3, 0.4) is 0 Å². The van der Waals surface area contributed by atoms with Gasteiger partial charge in [0, 0.05) is 41.2 Å². The zero-order valence-corrected chi connectivity index (χ0v) is 29.9. The fraction of sp³-hybridized carbons (Fsp3) is 0.278. The highest BCUT2D eigenvalue weighted by Crippen LogP contribution is 2.33. The van der Waals surface area contributed by atoms with E-state index >= 15 is 0 Å². The molecule has 0 saturated heterocycles. The van der Waals surface area contributed by atoms with Crippen LogP contribution in [0.25, 0.3) is 0 Å². The van der Waals surface area contributed by atoms with E-state index in [1.807, 2.05) is 44.2 Å². The molecule has 260 valence electrons. The zero-order chi connectivity index (χ0) is 35.7. The molecule has 0 aromatic heterocycles. The Balaban J connectivity index is 1.85. The molecule has 1 atom stereocenters. The van der Waals surface area contributed by atoms with Crippen molar-refractivity contribution in [3.63, 3.8) is 0 Å². The van der Waals surface area contributed by atoms with E-state index in [1.165, 1.54) is 49.5 Å². The van der Waals surface area contributed by atoms with Crippen LogP contribution in [0.4, 0.5) is 10.1 Å². The second-order valence-electron chi connectivity index (χ2n) is 11.6. The Hall–Kier alpha value is -4.32. The van der Waals surface area contributed by atoms with Gasteiger partial charge in [-0.05, 0) is 60.0 Å². The maximum Gasteiger partial charge on any atom is 0.264 e. The maximum atomic E-state index is 14.6. The number of hydrogen-bond acceptors (Lipinski definition) is 6. The van der Waals surface area contributed by atoms with Crippen molar-refractivity contribution in [2.75, 3.05) is 31.6 Å². The number of anilines is 1. The van der Waals surface area contributed by atoms with Gasteiger partial charge in [0.1, 0.15) is 18.4 Å². The highest BCUT2D eigenvalue weighted by atomic mass is 35.5. The molecule has 4 rings (SSSR count). The van der Waals surface area contributed by atoms with Crippen LogP contribution in [0.1, 0.15) is 25.0 Å². The summed E-state index contributed by atoms with van der Waals surface area (Å²) in [6, 6.07) is 21.6. The van der Waals surface area contributed by atoms with E-state index in [-0.39, 0.29) is 45.3 Å². The predicted octanol–water partition coefficient (Wildman–Crippen LogP) is 6.76. The maximum absolute atomic E-state index is 14.6. The molecule has 0 bridgehead atoms. The number of amides is 2. The van der Waals surface area contributed by atoms with Gasteiger partial charge in [0.15, 0.2) is 11.5 Å². The first kappa shape index (κ1) is 37.5. The van der Waals surface area contributed by atoms with Crippen molar-refractivity contribution >= 4 is 50.7 Å². The third-order valence-electron chi connectivity index (χ3n) is 7.68. The Morgan fingerprint density at radius 3 is 2.08 bits per heavy atom. The third-order valence-corrected chi connectivity index (χ3v) is 10.2. The van der Waals surface area contributed by atoms with Crippen molar-refractivity contribution in [3.8, 4) is 11.5 Å². The highest BCUT2D eigenvalue weighted by molar-refractivity contribution is 7.92. The van der Waals surface area contributed by atoms with Gasteiger partial charge in [-0.1, -0.05) is 73.4 Å². The van der Waals surface area contributed by atoms with Crippen molar-refractivity contribution in [3.05, 3.63) is 118 Å². The van der Waals surface area contributed by atoms with Crippen molar-refractivity contribution in [2.24, 2.45) is 5.92 Å². The fourth-order valence-corrected chi connectivity index (χ4v) is 7.02. The average molecular weight is 731 g/mol. The molecule has 0 heterocycles. The number of nitrogens with zero attached hydrogens (tertiary/aromatic N) is 2. The molecule has 1 N–H and O–H groups in total. The Kier molecular flexibility index (Phi) is 12.9. The minimum atomic E-state index is -4.49. The molecule has 49 heavy (non-hydrogen) atoms. The van der Waals surface area contributed by atoms with E-state index < -0.39 is 40.2 Å². The van der Waals surface area contributed by atoms with Gasteiger partial charge in [0.25, 0.3) is 10.0 Å². The monoisotopic (exact) mass is 729 g/mol. The summed E-state index contributed by atoms with van der Waals surface area (Å²) in [5.41, 5.74) is 1.16. The first-order valence-electron chi connectivity index (χ1n) is 15.4. The van der Waals surface area contributed by atoms with Gasteiger partial charge in [-0.2, -0.15) is 0 Å². The number of rotatable bonds is 15. The SMILES string of the molecule is COc1ccc(S(=O)(=O)N(CC(=O)N(Cc2c(Cl)cccc2Cl)[C@H](Cc2ccccc2)C(=O)NCC(C)C)c2ccc(F)cc2)cc1OC. The number of nitrogens with one attached hydrogen (secondary N) is 1. The summed E-state index contributed by atoms with van der Waals surface area (Å²) >= 11 is 13.1. The molecule has 0 radical (unpaired) electrons. The van der Waals surface area contributed by atoms with Gasteiger partial charge in [0.2, 0.25) is 11.8 Å². The molecule has 0 aliphatic heterocycles. The number of methoxy groups -OCH3 is 2. The first-order valence-corrected chi connectivity index (χ1v) is 17.6. The number of hydrogen-bond donors (Lipinski definition) is 1. The average Bonchev–Trinajstić information content (AvgIpc) is 3.09. The molecule has 0 aliphatic carbocycles. The van der Waals surface area contributed by atoms with E-state index in [9.17, 15) is 22.4 Å². The minimum absolute atomic E-state index is 0.0177. The molecule has 0 saturated carbocycles. The van der Waals surface area contributed by atoms with E-state index in [0.717, 1.165) is 22.0 Å². The fourth-order valence-electron chi connectivity index (χ4n) is 5.07. The molecule has 13 heteroatoms. The quantitative estimate of drug-likeness (QED) is 0.145. The molecular weight excluding hydrogens is 692 g/mol. The van der Waals surface area contributed by atoms with E-state index in [4.69, 9.17) is 32.7 Å². The van der Waals surface area contributed by atoms with Crippen LogP contribution in [0.5, 0.6) is 11.5 Å². The third kappa shape index (κ3) is 9.44. The summed E-state index contributed by atoms with van der Waals surface area (Å²) < 4.78 is 54.2. The summed E-state index contributed by atoms with van der Waals surface area (Å²) in [6.07, 6.45) is 0.109. The lowest BCUT2D eigenvalue weighted by molar-refractivity contribution is -0.140. The minimum Gasteiger partial charge on any atom is -0.493 e. The number of ether oxygens (including phenoxy) is 2. The van der Waals surface area contributed by atoms with Crippen molar-refractivity contribution < 1.29 is 31.9 Å². The van der Waals surface area contributed by atoms with Gasteiger partial charge in [-0.15, -0.1) is 0 Å². The topological polar surface area (TPSA) is 105 Å². The van der Waals surface area contributed by atoms with Crippen LogP contribution < -0.4 is 19.1 Å². The molecule has 4 aromatic rings. The Morgan fingerprint density at radius 2 is 1.49 bits per heavy atom. The standard InChI is InChI=1S/C36H38Cl2FN3O6S/c1-24(2)21-40-36(44)32(19-25-9-6-5-7-10-25)41(22-29-30(37)11-8-12-31(29)38)35(43)23-42(27-15-13-26(39)14-16-27)49(45,46)28-17-18-33(47-3)34(20-28)48-4/h5-18,20,24,32H,19,21-23H2,1-4H3,(H,40,44)/t32-/m1/s1. The Labute approximate surface area is 296 Å². The normalized spacial score (nSPS) is 11.9. The van der Waals surface area contributed by atoms with Crippen LogP contribution in [-0.2, 0) is 32.6 Å². The largest absolute Gasteiger partial charge is 0.493 e. The Bertz CT molecular complexity index is 1840. The molecule has 2 amide bonds. The van der Waals surface area contributed by atoms with Crippen LogP contribution >= 0.6 is 23.2 Å². The summed E-state index contributed by atoms with van der Waals surface area (Å²) in [7, 11) is -1.71. The van der Waals surface area contributed by atoms with Gasteiger partial charge < -0.3 is 19.7 Å². The van der Waals surface area contributed by atoms with E-state index in [1.54, 1.807) is 18.2 Å². The van der Waals surface area contributed by atoms with Gasteiger partial charge in [0.05, 0.1) is 24.8 Å². The molecular formula is C36H38Cl2FN3O6S. The van der Waals surface area contributed by atoms with Crippen molar-refractivity contribution in [1.82, 2.24) is 10.2 Å². The molecule has 0 spiro atoms. The zero-order valence-electron chi connectivity index (χ0n) is 27.5. The summed E-state index contributed by atoms with van der Waals surface area (Å²) in [5.74, 6) is -1.21. The van der Waals surface area contributed by atoms with E-state index in [0.29, 0.717) is 17.9 Å². The molecule has 4 aromatic carbocycles. The molecule has 0 unspecified atom stereocenters. The highest BCUT2D eigenvalue weighted by Gasteiger charge is 2.35. The number of benzene rings is 4. The molecule has 0 aliphatic rings. The van der Waals surface area contributed by atoms with Crippen molar-refractivity contribution in [2.45, 2.75) is 37.8 Å². The van der Waals surface area contributed by atoms with Gasteiger partial charge >= 0.3 is 0 Å². The molecule has 9 nitrogen and oxygen atoms in total. The second kappa shape index (κ2) is 16.9. The van der Waals surface area contributed by atoms with E-state index in [2.05, 4.69) is 5.32 Å². The summed E-state index contributed by atoms with van der Waals surface area (Å²) in [4.78, 5) is 29.6. The lowest BCUT2D eigenvalue weighted by Crippen LogP contribution is -2.53. The smallest absolute Gasteiger partial charge is 0.264 e. The predicted molar refractivity (Wildman–Crippen MR) is 189 cm³/mol. The first-order chi connectivity index (χ1) is 23.3. The number of carbonyl (C=O) groups is 2. The lowest BCUT2D eigenvalue weighted by atomic mass is 10.0. The summed E-state index contributed by atoms with van der Waals surface area (Å²) in [5, 5.41) is 3.45.